The van der Waals surface area contributed by atoms with Crippen molar-refractivity contribution in [3.05, 3.63) is 57.5 Å². The van der Waals surface area contributed by atoms with E-state index in [1.54, 1.807) is 6.20 Å². The van der Waals surface area contributed by atoms with Crippen molar-refractivity contribution in [1.29, 1.82) is 0 Å². The molecule has 0 fully saturated rings. The van der Waals surface area contributed by atoms with Crippen LogP contribution in [0.4, 0.5) is 0 Å². The Morgan fingerprint density at radius 2 is 2.17 bits per heavy atom. The second-order valence-corrected chi connectivity index (χ2v) is 4.81. The lowest BCUT2D eigenvalue weighted by Gasteiger charge is -2.16. The predicted octanol–water partition coefficient (Wildman–Crippen LogP) is 2.40. The monoisotopic (exact) mass is 255 g/mol. The summed E-state index contributed by atoms with van der Waals surface area (Å²) >= 11 is 1.44. The third kappa shape index (κ3) is 1.62. The van der Waals surface area contributed by atoms with Gasteiger partial charge in [-0.1, -0.05) is 24.3 Å². The summed E-state index contributed by atoms with van der Waals surface area (Å²) in [5, 5.41) is 12.8. The second kappa shape index (κ2) is 4.31. The molecule has 5 heteroatoms. The van der Waals surface area contributed by atoms with Gasteiger partial charge in [0.05, 0.1) is 5.57 Å². The molecule has 2 aromatic rings. The van der Waals surface area contributed by atoms with Crippen LogP contribution in [0.2, 0.25) is 0 Å². The Bertz CT molecular complexity index is 669. The summed E-state index contributed by atoms with van der Waals surface area (Å²) in [6.07, 6.45) is 2.65. The van der Waals surface area contributed by atoms with Gasteiger partial charge in [0.15, 0.2) is 6.10 Å². The van der Waals surface area contributed by atoms with Crippen molar-refractivity contribution >= 4 is 28.7 Å². The van der Waals surface area contributed by atoms with Gasteiger partial charge in [0.1, 0.15) is 5.01 Å². The van der Waals surface area contributed by atoms with Gasteiger partial charge in [0.2, 0.25) is 0 Å². The lowest BCUT2D eigenvalue weighted by molar-refractivity contribution is -0.0177. The minimum atomic E-state index is -0.921. The Hall–Kier alpha value is -2.07. The number of benzene rings is 1. The van der Waals surface area contributed by atoms with E-state index in [9.17, 15) is 5.11 Å². The molecular formula is C13H9N3OS. The highest BCUT2D eigenvalue weighted by Gasteiger charge is 2.34. The fourth-order valence-corrected chi connectivity index (χ4v) is 2.71. The summed E-state index contributed by atoms with van der Waals surface area (Å²) in [6, 6.07) is 7.49. The third-order valence-electron chi connectivity index (χ3n) is 2.90. The van der Waals surface area contributed by atoms with Crippen LogP contribution in [0.3, 0.4) is 0 Å². The second-order valence-electron chi connectivity index (χ2n) is 3.91. The van der Waals surface area contributed by atoms with Crippen LogP contribution in [0.25, 0.3) is 17.2 Å². The Balaban J connectivity index is 2.25. The van der Waals surface area contributed by atoms with E-state index in [2.05, 4.69) is 9.77 Å². The minimum Gasteiger partial charge on any atom is -0.376 e. The lowest BCUT2D eigenvalue weighted by atomic mass is 9.88. The van der Waals surface area contributed by atoms with E-state index < -0.39 is 6.10 Å². The molecule has 0 aliphatic heterocycles. The standard InChI is InChI=1S/C13H9N3OS/c14-16-11-10(13-15-5-6-18-13)7-8-3-1-2-4-9(8)12(11)17/h1-7,12,17H. The van der Waals surface area contributed by atoms with E-state index in [1.165, 1.54) is 11.3 Å². The summed E-state index contributed by atoms with van der Waals surface area (Å²) in [4.78, 5) is 7.42. The molecule has 18 heavy (non-hydrogen) atoms. The number of fused-ring (bicyclic) bond motifs is 1. The van der Waals surface area contributed by atoms with Crippen molar-refractivity contribution in [2.24, 2.45) is 0 Å². The zero-order chi connectivity index (χ0) is 12.5. The number of aliphatic hydroxyl groups is 1. The summed E-state index contributed by atoms with van der Waals surface area (Å²) in [5.41, 5.74) is 11.7. The fourth-order valence-electron chi connectivity index (χ4n) is 2.05. The molecule has 1 aromatic heterocycles. The number of nitrogens with zero attached hydrogens (tertiary/aromatic N) is 3. The first-order chi connectivity index (χ1) is 8.81. The smallest absolute Gasteiger partial charge is 0.334 e. The average molecular weight is 255 g/mol. The maximum atomic E-state index is 10.2. The molecule has 0 radical (unpaired) electrons. The van der Waals surface area contributed by atoms with Crippen molar-refractivity contribution in [2.45, 2.75) is 6.10 Å². The van der Waals surface area contributed by atoms with Crippen molar-refractivity contribution in [2.75, 3.05) is 0 Å². The molecule has 0 bridgehead atoms. The Morgan fingerprint density at radius 3 is 2.89 bits per heavy atom. The molecule has 3 rings (SSSR count). The molecule has 1 aliphatic carbocycles. The zero-order valence-electron chi connectivity index (χ0n) is 9.32. The molecule has 88 valence electrons. The van der Waals surface area contributed by atoms with Crippen LogP contribution in [0.1, 0.15) is 22.2 Å². The number of thiazole rings is 1. The summed E-state index contributed by atoms with van der Waals surface area (Å²) in [7, 11) is 0. The SMILES string of the molecule is [N-]=[N+]=C1C(c2nccs2)=Cc2ccccc2C1O. The van der Waals surface area contributed by atoms with Crippen LogP contribution in [0, 0.1) is 0 Å². The maximum Gasteiger partial charge on any atom is 0.334 e. The number of hydrogen-bond acceptors (Lipinski definition) is 3. The first kappa shape index (κ1) is 11.0. The maximum absolute atomic E-state index is 10.2. The van der Waals surface area contributed by atoms with E-state index >= 15 is 0 Å². The van der Waals surface area contributed by atoms with Gasteiger partial charge in [-0.15, -0.1) is 11.3 Å². The summed E-state index contributed by atoms with van der Waals surface area (Å²) in [5.74, 6) is 0. The number of hydrogen-bond donors (Lipinski definition) is 1. The van der Waals surface area contributed by atoms with Crippen LogP contribution < -0.4 is 0 Å². The molecule has 0 amide bonds. The highest BCUT2D eigenvalue weighted by Crippen LogP contribution is 2.34. The summed E-state index contributed by atoms with van der Waals surface area (Å²) < 4.78 is 0. The van der Waals surface area contributed by atoms with Gasteiger partial charge in [-0.2, -0.15) is 4.79 Å². The highest BCUT2D eigenvalue weighted by atomic mass is 32.1. The van der Waals surface area contributed by atoms with Gasteiger partial charge < -0.3 is 10.6 Å². The molecule has 1 N–H and O–H groups in total. The molecule has 0 saturated heterocycles. The topological polar surface area (TPSA) is 69.5 Å². The van der Waals surface area contributed by atoms with Crippen LogP contribution in [0.15, 0.2) is 35.8 Å². The van der Waals surface area contributed by atoms with Crippen LogP contribution in [0.5, 0.6) is 0 Å². The molecule has 1 unspecified atom stereocenters. The molecule has 1 heterocycles. The molecule has 4 nitrogen and oxygen atoms in total. The molecule has 0 saturated carbocycles. The van der Waals surface area contributed by atoms with Crippen molar-refractivity contribution in [3.8, 4) is 0 Å². The fraction of sp³-hybridized carbons (Fsp3) is 0.0769. The first-order valence-electron chi connectivity index (χ1n) is 5.42. The largest absolute Gasteiger partial charge is 0.376 e. The van der Waals surface area contributed by atoms with Gasteiger partial charge in [-0.05, 0) is 17.2 Å². The molecular weight excluding hydrogens is 246 g/mol. The number of aromatic nitrogens is 1. The molecule has 1 atom stereocenters. The minimum absolute atomic E-state index is 0.239. The van der Waals surface area contributed by atoms with E-state index in [0.717, 1.165) is 16.1 Å². The predicted molar refractivity (Wildman–Crippen MR) is 70.0 cm³/mol. The Kier molecular flexibility index (Phi) is 2.64. The van der Waals surface area contributed by atoms with Crippen molar-refractivity contribution in [1.82, 2.24) is 4.98 Å². The number of aliphatic hydroxyl groups excluding tert-OH is 1. The Morgan fingerprint density at radius 1 is 1.33 bits per heavy atom. The van der Waals surface area contributed by atoms with E-state index in [4.69, 9.17) is 5.53 Å². The molecule has 1 aromatic carbocycles. The van der Waals surface area contributed by atoms with Gasteiger partial charge in [0, 0.05) is 11.6 Å². The number of rotatable bonds is 1. The van der Waals surface area contributed by atoms with E-state index in [-0.39, 0.29) is 5.71 Å². The normalized spacial score (nSPS) is 17.9. The zero-order valence-corrected chi connectivity index (χ0v) is 10.1. The summed E-state index contributed by atoms with van der Waals surface area (Å²) in [6.45, 7) is 0. The van der Waals surface area contributed by atoms with Crippen molar-refractivity contribution in [3.63, 3.8) is 0 Å². The van der Waals surface area contributed by atoms with Gasteiger partial charge in [-0.3, -0.25) is 0 Å². The van der Waals surface area contributed by atoms with Crippen LogP contribution in [-0.2, 0) is 0 Å². The van der Waals surface area contributed by atoms with Gasteiger partial charge in [0.25, 0.3) is 0 Å². The van der Waals surface area contributed by atoms with Crippen molar-refractivity contribution < 1.29 is 9.90 Å². The van der Waals surface area contributed by atoms with E-state index in [0.29, 0.717) is 5.57 Å². The van der Waals surface area contributed by atoms with Gasteiger partial charge in [-0.25, -0.2) is 4.98 Å². The third-order valence-corrected chi connectivity index (χ3v) is 3.70. The Labute approximate surface area is 107 Å². The molecule has 1 aliphatic rings. The van der Waals surface area contributed by atoms with Crippen LogP contribution >= 0.6 is 11.3 Å². The average Bonchev–Trinajstić information content (AvgIpc) is 2.92. The molecule has 0 spiro atoms. The van der Waals surface area contributed by atoms with E-state index in [1.807, 2.05) is 35.7 Å². The highest BCUT2D eigenvalue weighted by molar-refractivity contribution is 7.11. The van der Waals surface area contributed by atoms with Crippen LogP contribution in [-0.4, -0.2) is 20.6 Å². The first-order valence-corrected chi connectivity index (χ1v) is 6.30. The van der Waals surface area contributed by atoms with Gasteiger partial charge >= 0.3 is 5.71 Å². The quantitative estimate of drug-likeness (QED) is 0.628. The lowest BCUT2D eigenvalue weighted by Crippen LogP contribution is -2.19.